The van der Waals surface area contributed by atoms with E-state index in [0.717, 1.165) is 36.1 Å². The first-order valence-electron chi connectivity index (χ1n) is 7.24. The average Bonchev–Trinajstić information content (AvgIpc) is 2.96. The summed E-state index contributed by atoms with van der Waals surface area (Å²) in [6, 6.07) is 8.24. The van der Waals surface area contributed by atoms with Crippen molar-refractivity contribution in [2.24, 2.45) is 0 Å². The average molecular weight is 285 g/mol. The van der Waals surface area contributed by atoms with Crippen LogP contribution in [-0.4, -0.2) is 36.4 Å². The molecule has 110 valence electrons. The largest absolute Gasteiger partial charge is 0.385 e. The number of benzene rings is 1. The van der Waals surface area contributed by atoms with Crippen LogP contribution in [0.5, 0.6) is 0 Å². The summed E-state index contributed by atoms with van der Waals surface area (Å²) in [6.07, 6.45) is 2.61. The second kappa shape index (κ2) is 6.10. The van der Waals surface area contributed by atoms with Gasteiger partial charge in [0.25, 0.3) is 5.91 Å². The van der Waals surface area contributed by atoms with Gasteiger partial charge in [0, 0.05) is 31.4 Å². The van der Waals surface area contributed by atoms with Crippen molar-refractivity contribution in [2.75, 3.05) is 20.3 Å². The van der Waals surface area contributed by atoms with Crippen LogP contribution in [-0.2, 0) is 17.6 Å². The van der Waals surface area contributed by atoms with Crippen LogP contribution < -0.4 is 5.32 Å². The quantitative estimate of drug-likeness (QED) is 0.825. The van der Waals surface area contributed by atoms with Crippen molar-refractivity contribution in [2.45, 2.75) is 19.3 Å². The Balaban J connectivity index is 1.78. The lowest BCUT2D eigenvalue weighted by Crippen LogP contribution is -2.26. The fourth-order valence-electron chi connectivity index (χ4n) is 2.75. The van der Waals surface area contributed by atoms with Gasteiger partial charge < -0.3 is 10.1 Å². The normalized spacial score (nSPS) is 12.6. The molecule has 0 atom stereocenters. The van der Waals surface area contributed by atoms with Crippen LogP contribution in [0.4, 0.5) is 0 Å². The van der Waals surface area contributed by atoms with E-state index >= 15 is 0 Å². The van der Waals surface area contributed by atoms with Crippen LogP contribution in [0, 0.1) is 0 Å². The van der Waals surface area contributed by atoms with Crippen LogP contribution in [0.1, 0.15) is 28.0 Å². The fraction of sp³-hybridized carbons (Fsp3) is 0.375. The number of carbonyl (C=O) groups excluding carboxylic acids is 1. The number of aryl methyl sites for hydroxylation is 1. The van der Waals surface area contributed by atoms with Crippen LogP contribution in [0.3, 0.4) is 0 Å². The Hall–Kier alpha value is -2.14. The molecule has 0 unspecified atom stereocenters. The number of hydrogen-bond donors (Lipinski definition) is 2. The Morgan fingerprint density at radius 1 is 1.38 bits per heavy atom. The van der Waals surface area contributed by atoms with E-state index in [9.17, 15) is 4.79 Å². The zero-order valence-electron chi connectivity index (χ0n) is 12.1. The molecule has 0 fully saturated rings. The van der Waals surface area contributed by atoms with Gasteiger partial charge in [-0.1, -0.05) is 24.3 Å². The second-order valence-electron chi connectivity index (χ2n) is 5.19. The molecule has 0 aliphatic heterocycles. The zero-order chi connectivity index (χ0) is 14.7. The first-order valence-corrected chi connectivity index (χ1v) is 7.24. The van der Waals surface area contributed by atoms with Gasteiger partial charge in [0.15, 0.2) is 0 Å². The minimum Gasteiger partial charge on any atom is -0.385 e. The third kappa shape index (κ3) is 2.69. The number of H-pyrrole nitrogens is 1. The predicted molar refractivity (Wildman–Crippen MR) is 80.3 cm³/mol. The van der Waals surface area contributed by atoms with E-state index in [1.54, 1.807) is 7.11 Å². The molecule has 5 nitrogen and oxygen atoms in total. The molecule has 1 aliphatic rings. The number of amides is 1. The van der Waals surface area contributed by atoms with Gasteiger partial charge in [-0.05, 0) is 24.8 Å². The third-order valence-electron chi connectivity index (χ3n) is 3.82. The zero-order valence-corrected chi connectivity index (χ0v) is 12.1. The maximum absolute atomic E-state index is 12.2. The van der Waals surface area contributed by atoms with E-state index in [4.69, 9.17) is 4.74 Å². The van der Waals surface area contributed by atoms with Gasteiger partial charge in [0.1, 0.15) is 5.69 Å². The topological polar surface area (TPSA) is 67.0 Å². The summed E-state index contributed by atoms with van der Waals surface area (Å²) < 4.78 is 4.97. The molecule has 1 amide bonds. The van der Waals surface area contributed by atoms with Gasteiger partial charge >= 0.3 is 0 Å². The second-order valence-corrected chi connectivity index (χ2v) is 5.19. The number of nitrogens with one attached hydrogen (secondary N) is 2. The number of ether oxygens (including phenoxy) is 1. The van der Waals surface area contributed by atoms with Gasteiger partial charge in [0.05, 0.1) is 5.69 Å². The number of rotatable bonds is 5. The summed E-state index contributed by atoms with van der Waals surface area (Å²) >= 11 is 0. The number of methoxy groups -OCH3 is 1. The third-order valence-corrected chi connectivity index (χ3v) is 3.82. The van der Waals surface area contributed by atoms with Crippen molar-refractivity contribution >= 4 is 5.91 Å². The highest BCUT2D eigenvalue weighted by Gasteiger charge is 2.24. The maximum atomic E-state index is 12.2. The van der Waals surface area contributed by atoms with E-state index < -0.39 is 0 Å². The van der Waals surface area contributed by atoms with E-state index in [2.05, 4.69) is 27.6 Å². The molecule has 1 aromatic carbocycles. The molecular weight excluding hydrogens is 266 g/mol. The van der Waals surface area contributed by atoms with E-state index in [1.807, 2.05) is 12.1 Å². The summed E-state index contributed by atoms with van der Waals surface area (Å²) in [4.78, 5) is 12.2. The molecule has 1 aromatic heterocycles. The fourth-order valence-corrected chi connectivity index (χ4v) is 2.75. The minimum absolute atomic E-state index is 0.0840. The van der Waals surface area contributed by atoms with Gasteiger partial charge in [-0.15, -0.1) is 0 Å². The van der Waals surface area contributed by atoms with E-state index in [-0.39, 0.29) is 5.91 Å². The minimum atomic E-state index is -0.0840. The Morgan fingerprint density at radius 3 is 3.10 bits per heavy atom. The first kappa shape index (κ1) is 13.8. The molecule has 0 radical (unpaired) electrons. The Bertz CT molecular complexity index is 649. The van der Waals surface area contributed by atoms with Crippen LogP contribution in [0.15, 0.2) is 24.3 Å². The summed E-state index contributed by atoms with van der Waals surface area (Å²) in [5.41, 5.74) is 4.96. The van der Waals surface area contributed by atoms with Crippen molar-refractivity contribution in [3.8, 4) is 11.3 Å². The standard InChI is InChI=1S/C16H19N3O2/c1-21-10-4-9-17-16(20)15-13-8-7-11-5-2-3-6-12(11)14(13)18-19-15/h2-3,5-6H,4,7-10H2,1H3,(H,17,20)(H,18,19). The first-order chi connectivity index (χ1) is 10.3. The summed E-state index contributed by atoms with van der Waals surface area (Å²) in [6.45, 7) is 1.26. The van der Waals surface area contributed by atoms with E-state index in [1.165, 1.54) is 5.56 Å². The van der Waals surface area contributed by atoms with Gasteiger partial charge in [-0.25, -0.2) is 0 Å². The molecule has 1 aliphatic carbocycles. The summed E-state index contributed by atoms with van der Waals surface area (Å²) in [5, 5.41) is 10.2. The predicted octanol–water partition coefficient (Wildman–Crippen LogP) is 1.94. The van der Waals surface area contributed by atoms with Crippen molar-refractivity contribution in [3.05, 3.63) is 41.1 Å². The molecule has 0 saturated carbocycles. The van der Waals surface area contributed by atoms with Crippen molar-refractivity contribution < 1.29 is 9.53 Å². The molecule has 2 aromatic rings. The van der Waals surface area contributed by atoms with Crippen LogP contribution in [0.25, 0.3) is 11.3 Å². The molecule has 0 spiro atoms. The molecule has 5 heteroatoms. The molecule has 3 rings (SSSR count). The molecule has 2 N–H and O–H groups in total. The summed E-state index contributed by atoms with van der Waals surface area (Å²) in [5.74, 6) is -0.0840. The van der Waals surface area contributed by atoms with Crippen LogP contribution in [0.2, 0.25) is 0 Å². The molecule has 0 bridgehead atoms. The van der Waals surface area contributed by atoms with Crippen molar-refractivity contribution in [1.29, 1.82) is 0 Å². The molecule has 1 heterocycles. The molecule has 21 heavy (non-hydrogen) atoms. The highest BCUT2D eigenvalue weighted by atomic mass is 16.5. The van der Waals surface area contributed by atoms with Crippen molar-refractivity contribution in [3.63, 3.8) is 0 Å². The monoisotopic (exact) mass is 285 g/mol. The highest BCUT2D eigenvalue weighted by molar-refractivity contribution is 5.95. The maximum Gasteiger partial charge on any atom is 0.269 e. The highest BCUT2D eigenvalue weighted by Crippen LogP contribution is 2.33. The Labute approximate surface area is 123 Å². The van der Waals surface area contributed by atoms with Crippen LogP contribution >= 0.6 is 0 Å². The Kier molecular flexibility index (Phi) is 4.01. The van der Waals surface area contributed by atoms with E-state index in [0.29, 0.717) is 18.8 Å². The smallest absolute Gasteiger partial charge is 0.269 e. The van der Waals surface area contributed by atoms with Gasteiger partial charge in [-0.3, -0.25) is 9.89 Å². The van der Waals surface area contributed by atoms with Crippen molar-refractivity contribution in [1.82, 2.24) is 15.5 Å². The molecule has 0 saturated heterocycles. The summed E-state index contributed by atoms with van der Waals surface area (Å²) in [7, 11) is 1.66. The van der Waals surface area contributed by atoms with Gasteiger partial charge in [0.2, 0.25) is 0 Å². The number of carbonyl (C=O) groups is 1. The number of nitrogens with zero attached hydrogens (tertiary/aromatic N) is 1. The Morgan fingerprint density at radius 2 is 2.24 bits per heavy atom. The lowest BCUT2D eigenvalue weighted by Gasteiger charge is -2.15. The lowest BCUT2D eigenvalue weighted by atomic mass is 9.89. The SMILES string of the molecule is COCCCNC(=O)c1[nH]nc2c1CCc1ccccc1-2. The lowest BCUT2D eigenvalue weighted by molar-refractivity contribution is 0.0942. The molecular formula is C16H19N3O2. The number of hydrogen-bond acceptors (Lipinski definition) is 3. The number of fused-ring (bicyclic) bond motifs is 3. The number of aromatic nitrogens is 2. The van der Waals surface area contributed by atoms with Gasteiger partial charge in [-0.2, -0.15) is 5.10 Å². The number of aromatic amines is 1.